The minimum absolute atomic E-state index is 0.0592. The van der Waals surface area contributed by atoms with Gasteiger partial charge in [-0.15, -0.1) is 0 Å². The summed E-state index contributed by atoms with van der Waals surface area (Å²) in [5, 5.41) is 3.36. The van der Waals surface area contributed by atoms with E-state index < -0.39 is 0 Å². The van der Waals surface area contributed by atoms with Gasteiger partial charge in [0.05, 0.1) is 0 Å². The van der Waals surface area contributed by atoms with Gasteiger partial charge in [-0.3, -0.25) is 9.59 Å². The van der Waals surface area contributed by atoms with E-state index in [1.165, 1.54) is 6.08 Å². The molecule has 2 rings (SSSR count). The molecule has 0 aliphatic heterocycles. The van der Waals surface area contributed by atoms with Crippen molar-refractivity contribution in [2.24, 2.45) is 0 Å². The molecule has 130 valence electrons. The van der Waals surface area contributed by atoms with Crippen LogP contribution in [0.3, 0.4) is 0 Å². The molecule has 4 nitrogen and oxygen atoms in total. The van der Waals surface area contributed by atoms with Gasteiger partial charge in [0.15, 0.2) is 0 Å². The first kappa shape index (κ1) is 18.7. The Hall–Kier alpha value is -2.59. The first-order valence-electron chi connectivity index (χ1n) is 7.99. The molecule has 0 aromatic heterocycles. The summed E-state index contributed by atoms with van der Waals surface area (Å²) in [7, 11) is 1.78. The molecule has 0 atom stereocenters. The summed E-state index contributed by atoms with van der Waals surface area (Å²) >= 11 is 6.13. The third-order valence-corrected chi connectivity index (χ3v) is 4.19. The van der Waals surface area contributed by atoms with Gasteiger partial charge >= 0.3 is 0 Å². The molecule has 25 heavy (non-hydrogen) atoms. The molecule has 0 aliphatic rings. The molecule has 2 aromatic carbocycles. The predicted molar refractivity (Wildman–Crippen MR) is 102 cm³/mol. The summed E-state index contributed by atoms with van der Waals surface area (Å²) in [5.41, 5.74) is 2.68. The highest BCUT2D eigenvalue weighted by atomic mass is 35.5. The van der Waals surface area contributed by atoms with Gasteiger partial charge < -0.3 is 10.2 Å². The lowest BCUT2D eigenvalue weighted by atomic mass is 10.1. The van der Waals surface area contributed by atoms with Crippen molar-refractivity contribution in [3.05, 3.63) is 77.3 Å². The van der Waals surface area contributed by atoms with Crippen molar-refractivity contribution in [1.29, 1.82) is 0 Å². The summed E-state index contributed by atoms with van der Waals surface area (Å²) in [6, 6.07) is 15.0. The third-order valence-electron chi connectivity index (χ3n) is 3.83. The predicted octanol–water partition coefficient (Wildman–Crippen LogP) is 4.06. The molecular weight excluding hydrogens is 336 g/mol. The average Bonchev–Trinajstić information content (AvgIpc) is 2.62. The van der Waals surface area contributed by atoms with E-state index in [4.69, 9.17) is 11.6 Å². The number of hydrogen-bond acceptors (Lipinski definition) is 2. The molecule has 0 aliphatic carbocycles. The standard InChI is InChI=1S/C20H21ClN2O2/c1-3-19(24)22-17-11-8-15(9-12-17)10-13-20(25)23(2)14-16-6-4-5-7-18(16)21/h3-9,11-12H,1,10,13-14H2,2H3,(H,22,24). The maximum Gasteiger partial charge on any atom is 0.247 e. The number of rotatable bonds is 7. The summed E-state index contributed by atoms with van der Waals surface area (Å²) < 4.78 is 0. The van der Waals surface area contributed by atoms with Crippen molar-refractivity contribution in [1.82, 2.24) is 4.90 Å². The molecule has 2 aromatic rings. The second-order valence-corrected chi connectivity index (χ2v) is 6.14. The lowest BCUT2D eigenvalue weighted by Gasteiger charge is -2.18. The summed E-state index contributed by atoms with van der Waals surface area (Å²) in [6.07, 6.45) is 2.28. The van der Waals surface area contributed by atoms with Crippen LogP contribution in [0.5, 0.6) is 0 Å². The van der Waals surface area contributed by atoms with E-state index in [2.05, 4.69) is 11.9 Å². The second kappa shape index (κ2) is 9.04. The molecule has 0 heterocycles. The number of carbonyl (C=O) groups excluding carboxylic acids is 2. The molecule has 0 saturated carbocycles. The fourth-order valence-electron chi connectivity index (χ4n) is 2.36. The van der Waals surface area contributed by atoms with Crippen LogP contribution >= 0.6 is 11.6 Å². The molecule has 0 unspecified atom stereocenters. The van der Waals surface area contributed by atoms with E-state index >= 15 is 0 Å². The number of halogens is 1. The average molecular weight is 357 g/mol. The van der Waals surface area contributed by atoms with Crippen molar-refractivity contribution in [2.45, 2.75) is 19.4 Å². The maximum absolute atomic E-state index is 12.3. The Labute approximate surface area is 153 Å². The number of amides is 2. The van der Waals surface area contributed by atoms with Gasteiger partial charge in [-0.25, -0.2) is 0 Å². The lowest BCUT2D eigenvalue weighted by molar-refractivity contribution is -0.130. The number of aryl methyl sites for hydroxylation is 1. The Morgan fingerprint density at radius 1 is 1.16 bits per heavy atom. The van der Waals surface area contributed by atoms with Gasteiger partial charge in [0.1, 0.15) is 0 Å². The maximum atomic E-state index is 12.3. The fraction of sp³-hybridized carbons (Fsp3) is 0.200. The van der Waals surface area contributed by atoms with Crippen LogP contribution in [0.2, 0.25) is 5.02 Å². The minimum Gasteiger partial charge on any atom is -0.341 e. The molecule has 0 fully saturated rings. The zero-order chi connectivity index (χ0) is 18.2. The van der Waals surface area contributed by atoms with Crippen molar-refractivity contribution in [3.63, 3.8) is 0 Å². The van der Waals surface area contributed by atoms with E-state index in [1.807, 2.05) is 48.5 Å². The topological polar surface area (TPSA) is 49.4 Å². The molecule has 0 spiro atoms. The van der Waals surface area contributed by atoms with Gasteiger partial charge in [0, 0.05) is 30.7 Å². The Bertz CT molecular complexity index is 757. The van der Waals surface area contributed by atoms with Crippen LogP contribution < -0.4 is 5.32 Å². The summed E-state index contributed by atoms with van der Waals surface area (Å²) in [4.78, 5) is 25.2. The first-order chi connectivity index (χ1) is 12.0. The fourth-order valence-corrected chi connectivity index (χ4v) is 2.56. The van der Waals surface area contributed by atoms with Crippen molar-refractivity contribution in [3.8, 4) is 0 Å². The smallest absolute Gasteiger partial charge is 0.247 e. The highest BCUT2D eigenvalue weighted by molar-refractivity contribution is 6.31. The SMILES string of the molecule is C=CC(=O)Nc1ccc(CCC(=O)N(C)Cc2ccccc2Cl)cc1. The van der Waals surface area contributed by atoms with Gasteiger partial charge in [-0.2, -0.15) is 0 Å². The Kier molecular flexibility index (Phi) is 6.78. The summed E-state index contributed by atoms with van der Waals surface area (Å²) in [6.45, 7) is 3.90. The lowest BCUT2D eigenvalue weighted by Crippen LogP contribution is -2.26. The van der Waals surface area contributed by atoms with Crippen LogP contribution in [0, 0.1) is 0 Å². The van der Waals surface area contributed by atoms with Crippen molar-refractivity contribution in [2.75, 3.05) is 12.4 Å². The molecule has 5 heteroatoms. The van der Waals surface area contributed by atoms with Crippen LogP contribution in [0.15, 0.2) is 61.2 Å². The van der Waals surface area contributed by atoms with E-state index in [1.54, 1.807) is 11.9 Å². The van der Waals surface area contributed by atoms with Gasteiger partial charge in [0.25, 0.3) is 0 Å². The van der Waals surface area contributed by atoms with Crippen LogP contribution in [-0.4, -0.2) is 23.8 Å². The largest absolute Gasteiger partial charge is 0.341 e. The normalized spacial score (nSPS) is 10.2. The summed E-state index contributed by atoms with van der Waals surface area (Å²) in [5.74, 6) is -0.187. The Balaban J connectivity index is 1.85. The van der Waals surface area contributed by atoms with E-state index in [0.717, 1.165) is 11.1 Å². The van der Waals surface area contributed by atoms with Gasteiger partial charge in [-0.1, -0.05) is 48.5 Å². The second-order valence-electron chi connectivity index (χ2n) is 5.73. The highest BCUT2D eigenvalue weighted by Gasteiger charge is 2.11. The van der Waals surface area contributed by atoms with E-state index in [9.17, 15) is 9.59 Å². The number of benzene rings is 2. The number of nitrogens with one attached hydrogen (secondary N) is 1. The van der Waals surface area contributed by atoms with E-state index in [0.29, 0.717) is 30.1 Å². The van der Waals surface area contributed by atoms with Crippen LogP contribution in [0.1, 0.15) is 17.5 Å². The molecule has 0 saturated heterocycles. The van der Waals surface area contributed by atoms with Crippen molar-refractivity contribution < 1.29 is 9.59 Å². The molecule has 2 amide bonds. The Morgan fingerprint density at radius 2 is 1.84 bits per heavy atom. The van der Waals surface area contributed by atoms with Crippen LogP contribution in [-0.2, 0) is 22.6 Å². The number of hydrogen-bond donors (Lipinski definition) is 1. The zero-order valence-electron chi connectivity index (χ0n) is 14.2. The van der Waals surface area contributed by atoms with Gasteiger partial charge in [0.2, 0.25) is 11.8 Å². The third kappa shape index (κ3) is 5.76. The van der Waals surface area contributed by atoms with Crippen molar-refractivity contribution >= 4 is 29.1 Å². The highest BCUT2D eigenvalue weighted by Crippen LogP contribution is 2.17. The zero-order valence-corrected chi connectivity index (χ0v) is 14.9. The van der Waals surface area contributed by atoms with Gasteiger partial charge in [-0.05, 0) is 41.8 Å². The monoisotopic (exact) mass is 356 g/mol. The van der Waals surface area contributed by atoms with E-state index in [-0.39, 0.29) is 11.8 Å². The number of carbonyl (C=O) groups is 2. The minimum atomic E-state index is -0.246. The Morgan fingerprint density at radius 3 is 2.48 bits per heavy atom. The number of nitrogens with zero attached hydrogens (tertiary/aromatic N) is 1. The quantitative estimate of drug-likeness (QED) is 0.761. The van der Waals surface area contributed by atoms with Crippen LogP contribution in [0.4, 0.5) is 5.69 Å². The molecule has 1 N–H and O–H groups in total. The molecule has 0 bridgehead atoms. The molecule has 0 radical (unpaired) electrons. The number of anilines is 1. The van der Waals surface area contributed by atoms with Crippen LogP contribution in [0.25, 0.3) is 0 Å². The first-order valence-corrected chi connectivity index (χ1v) is 8.37. The molecular formula is C20H21ClN2O2.